The van der Waals surface area contributed by atoms with Crippen molar-refractivity contribution in [1.29, 1.82) is 0 Å². The fourth-order valence-corrected chi connectivity index (χ4v) is 1.46. The average molecular weight is 157 g/mol. The van der Waals surface area contributed by atoms with Crippen LogP contribution in [-0.4, -0.2) is 13.6 Å². The summed E-state index contributed by atoms with van der Waals surface area (Å²) in [6, 6.07) is 0. The molecule has 0 unspecified atom stereocenters. The molecule has 0 rings (SSSR count). The van der Waals surface area contributed by atoms with Crippen molar-refractivity contribution in [1.82, 2.24) is 5.32 Å². The molecule has 0 aromatic heterocycles. The molecular weight excluding hydrogens is 134 g/mol. The van der Waals surface area contributed by atoms with Gasteiger partial charge in [0.2, 0.25) is 0 Å². The number of nitrogens with one attached hydrogen (secondary N) is 1. The van der Waals surface area contributed by atoms with E-state index >= 15 is 0 Å². The summed E-state index contributed by atoms with van der Waals surface area (Å²) in [5, 5.41) is 3.27. The molecule has 0 heterocycles. The second-order valence-corrected chi connectivity index (χ2v) is 4.35. The molecule has 0 fully saturated rings. The summed E-state index contributed by atoms with van der Waals surface area (Å²) in [6.07, 6.45) is 0. The lowest BCUT2D eigenvalue weighted by Gasteiger charge is -2.37. The maximum Gasteiger partial charge on any atom is 0.000706 e. The number of rotatable bonds is 4. The molecule has 68 valence electrons. The molecule has 0 aromatic carbocycles. The highest BCUT2D eigenvalue weighted by Crippen LogP contribution is 2.34. The van der Waals surface area contributed by atoms with E-state index in [-0.39, 0.29) is 0 Å². The predicted molar refractivity (Wildman–Crippen MR) is 51.7 cm³/mol. The predicted octanol–water partition coefficient (Wildman–Crippen LogP) is 2.52. The molecule has 0 aromatic rings. The van der Waals surface area contributed by atoms with Crippen molar-refractivity contribution < 1.29 is 0 Å². The van der Waals surface area contributed by atoms with Gasteiger partial charge in [-0.1, -0.05) is 34.6 Å². The molecule has 0 aliphatic carbocycles. The summed E-state index contributed by atoms with van der Waals surface area (Å²) in [5.41, 5.74) is 0.439. The number of hydrogen-bond donors (Lipinski definition) is 1. The fourth-order valence-electron chi connectivity index (χ4n) is 1.46. The molecule has 1 heteroatoms. The van der Waals surface area contributed by atoms with Crippen LogP contribution in [0.15, 0.2) is 0 Å². The lowest BCUT2D eigenvalue weighted by Crippen LogP contribution is -2.38. The van der Waals surface area contributed by atoms with Gasteiger partial charge in [0.05, 0.1) is 0 Å². The molecule has 0 spiro atoms. The SMILES string of the molecule is CNCC(C)(C(C)C)C(C)C. The van der Waals surface area contributed by atoms with Gasteiger partial charge in [-0.2, -0.15) is 0 Å². The van der Waals surface area contributed by atoms with Crippen molar-refractivity contribution in [2.45, 2.75) is 34.6 Å². The van der Waals surface area contributed by atoms with Gasteiger partial charge in [0.25, 0.3) is 0 Å². The maximum atomic E-state index is 3.27. The number of hydrogen-bond acceptors (Lipinski definition) is 1. The lowest BCUT2D eigenvalue weighted by atomic mass is 9.70. The molecule has 1 nitrogen and oxygen atoms in total. The van der Waals surface area contributed by atoms with E-state index in [1.165, 1.54) is 0 Å². The van der Waals surface area contributed by atoms with Crippen LogP contribution in [0.4, 0.5) is 0 Å². The second-order valence-electron chi connectivity index (χ2n) is 4.35. The molecule has 0 aliphatic heterocycles. The van der Waals surface area contributed by atoms with Gasteiger partial charge in [-0.15, -0.1) is 0 Å². The Balaban J connectivity index is 4.26. The van der Waals surface area contributed by atoms with Crippen LogP contribution in [-0.2, 0) is 0 Å². The van der Waals surface area contributed by atoms with Gasteiger partial charge in [-0.25, -0.2) is 0 Å². The maximum absolute atomic E-state index is 3.27. The topological polar surface area (TPSA) is 12.0 Å². The summed E-state index contributed by atoms with van der Waals surface area (Å²) in [7, 11) is 2.03. The van der Waals surface area contributed by atoms with E-state index in [9.17, 15) is 0 Å². The Morgan fingerprint density at radius 2 is 1.45 bits per heavy atom. The zero-order valence-corrected chi connectivity index (χ0v) is 8.86. The molecule has 0 radical (unpaired) electrons. The van der Waals surface area contributed by atoms with Crippen LogP contribution in [0.3, 0.4) is 0 Å². The first-order chi connectivity index (χ1) is 4.95. The van der Waals surface area contributed by atoms with E-state index in [0.29, 0.717) is 5.41 Å². The molecule has 0 saturated heterocycles. The van der Waals surface area contributed by atoms with Crippen LogP contribution >= 0.6 is 0 Å². The molecule has 0 atom stereocenters. The Labute approximate surface area is 71.6 Å². The minimum Gasteiger partial charge on any atom is -0.319 e. The Morgan fingerprint density at radius 1 is 1.09 bits per heavy atom. The molecule has 11 heavy (non-hydrogen) atoms. The van der Waals surface area contributed by atoms with Gasteiger partial charge >= 0.3 is 0 Å². The van der Waals surface area contributed by atoms with E-state index in [1.807, 2.05) is 7.05 Å². The quantitative estimate of drug-likeness (QED) is 0.661. The van der Waals surface area contributed by atoms with E-state index < -0.39 is 0 Å². The molecule has 0 bridgehead atoms. The minimum absolute atomic E-state index is 0.439. The Hall–Kier alpha value is -0.0400. The average Bonchev–Trinajstić information content (AvgIpc) is 1.87. The van der Waals surface area contributed by atoms with Crippen molar-refractivity contribution >= 4 is 0 Å². The van der Waals surface area contributed by atoms with Gasteiger partial charge in [0.15, 0.2) is 0 Å². The Bertz CT molecular complexity index is 97.4. The van der Waals surface area contributed by atoms with Crippen molar-refractivity contribution in [2.24, 2.45) is 17.3 Å². The van der Waals surface area contributed by atoms with Crippen LogP contribution in [0.2, 0.25) is 0 Å². The molecule has 0 aliphatic rings. The first kappa shape index (κ1) is 11.0. The standard InChI is InChI=1S/C10H23N/c1-8(2)10(5,7-11-6)9(3)4/h8-9,11H,7H2,1-6H3. The zero-order chi connectivity index (χ0) is 9.07. The summed E-state index contributed by atoms with van der Waals surface area (Å²) in [6.45, 7) is 12.7. The highest BCUT2D eigenvalue weighted by Gasteiger charge is 2.30. The summed E-state index contributed by atoms with van der Waals surface area (Å²) >= 11 is 0. The van der Waals surface area contributed by atoms with Gasteiger partial charge in [0.1, 0.15) is 0 Å². The normalized spacial score (nSPS) is 13.1. The molecule has 1 N–H and O–H groups in total. The second kappa shape index (κ2) is 4.10. The minimum atomic E-state index is 0.439. The first-order valence-electron chi connectivity index (χ1n) is 4.59. The largest absolute Gasteiger partial charge is 0.319 e. The van der Waals surface area contributed by atoms with Crippen molar-refractivity contribution in [3.8, 4) is 0 Å². The first-order valence-corrected chi connectivity index (χ1v) is 4.59. The van der Waals surface area contributed by atoms with Crippen LogP contribution in [0.5, 0.6) is 0 Å². The fraction of sp³-hybridized carbons (Fsp3) is 1.00. The third kappa shape index (κ3) is 2.48. The summed E-state index contributed by atoms with van der Waals surface area (Å²) in [4.78, 5) is 0. The molecule has 0 amide bonds. The van der Waals surface area contributed by atoms with Gasteiger partial charge < -0.3 is 5.32 Å². The zero-order valence-electron chi connectivity index (χ0n) is 8.86. The van der Waals surface area contributed by atoms with Crippen LogP contribution in [0.1, 0.15) is 34.6 Å². The molecular formula is C10H23N. The smallest absolute Gasteiger partial charge is 0.000706 e. The van der Waals surface area contributed by atoms with Crippen LogP contribution < -0.4 is 5.32 Å². The van der Waals surface area contributed by atoms with Gasteiger partial charge in [-0.05, 0) is 24.3 Å². The highest BCUT2D eigenvalue weighted by molar-refractivity contribution is 4.82. The third-order valence-electron chi connectivity index (χ3n) is 3.20. The monoisotopic (exact) mass is 157 g/mol. The highest BCUT2D eigenvalue weighted by atomic mass is 14.8. The Morgan fingerprint density at radius 3 is 1.55 bits per heavy atom. The van der Waals surface area contributed by atoms with Crippen LogP contribution in [0.25, 0.3) is 0 Å². The van der Waals surface area contributed by atoms with E-state index in [1.54, 1.807) is 0 Å². The van der Waals surface area contributed by atoms with Gasteiger partial charge in [-0.3, -0.25) is 0 Å². The third-order valence-corrected chi connectivity index (χ3v) is 3.20. The van der Waals surface area contributed by atoms with Crippen molar-refractivity contribution in [3.63, 3.8) is 0 Å². The van der Waals surface area contributed by atoms with Gasteiger partial charge in [0, 0.05) is 6.54 Å². The van der Waals surface area contributed by atoms with Crippen molar-refractivity contribution in [3.05, 3.63) is 0 Å². The Kier molecular flexibility index (Phi) is 4.09. The molecule has 0 saturated carbocycles. The van der Waals surface area contributed by atoms with Crippen molar-refractivity contribution in [2.75, 3.05) is 13.6 Å². The van der Waals surface area contributed by atoms with E-state index in [2.05, 4.69) is 39.9 Å². The summed E-state index contributed by atoms with van der Waals surface area (Å²) in [5.74, 6) is 1.49. The van der Waals surface area contributed by atoms with E-state index in [4.69, 9.17) is 0 Å². The van der Waals surface area contributed by atoms with Crippen LogP contribution in [0, 0.1) is 17.3 Å². The lowest BCUT2D eigenvalue weighted by molar-refractivity contribution is 0.137. The summed E-state index contributed by atoms with van der Waals surface area (Å²) < 4.78 is 0. The van der Waals surface area contributed by atoms with E-state index in [0.717, 1.165) is 18.4 Å².